The Kier molecular flexibility index (Phi) is 6.50. The van der Waals surface area contributed by atoms with Crippen LogP contribution in [0.4, 0.5) is 4.79 Å². The summed E-state index contributed by atoms with van der Waals surface area (Å²) in [7, 11) is 1.64. The second-order valence-corrected chi connectivity index (χ2v) is 5.70. The molecule has 134 valence electrons. The summed E-state index contributed by atoms with van der Waals surface area (Å²) in [6.07, 6.45) is 0.332. The maximum absolute atomic E-state index is 12.0. The summed E-state index contributed by atoms with van der Waals surface area (Å²) in [6.45, 7) is 0.252. The van der Waals surface area contributed by atoms with Crippen molar-refractivity contribution in [1.29, 1.82) is 0 Å². The molecule has 1 saturated heterocycles. The van der Waals surface area contributed by atoms with Gasteiger partial charge in [0.05, 0.1) is 6.54 Å². The normalized spacial score (nSPS) is 13.6. The standard InChI is InChI=1S/C17H21N3O5/c1-19(11-13-6-3-2-4-7-13)15(22)12-25-16(23)8-5-9-20-14(21)10-18-17(20)24/h2-4,6-7H,5,8-12H2,1H3,(H,18,24). The van der Waals surface area contributed by atoms with Gasteiger partial charge in [-0.1, -0.05) is 30.3 Å². The second kappa shape index (κ2) is 8.81. The van der Waals surface area contributed by atoms with Gasteiger partial charge in [-0.2, -0.15) is 0 Å². The van der Waals surface area contributed by atoms with E-state index in [0.29, 0.717) is 13.0 Å². The third-order valence-electron chi connectivity index (χ3n) is 3.74. The fourth-order valence-electron chi connectivity index (χ4n) is 2.33. The van der Waals surface area contributed by atoms with Gasteiger partial charge in [0.2, 0.25) is 5.91 Å². The van der Waals surface area contributed by atoms with Crippen LogP contribution in [0.1, 0.15) is 18.4 Å². The monoisotopic (exact) mass is 347 g/mol. The average Bonchev–Trinajstić information content (AvgIpc) is 2.92. The van der Waals surface area contributed by atoms with Crippen LogP contribution in [0.3, 0.4) is 0 Å². The lowest BCUT2D eigenvalue weighted by Crippen LogP contribution is -2.32. The fourth-order valence-corrected chi connectivity index (χ4v) is 2.33. The molecule has 0 atom stereocenters. The number of rotatable bonds is 8. The van der Waals surface area contributed by atoms with E-state index in [1.54, 1.807) is 7.05 Å². The highest BCUT2D eigenvalue weighted by molar-refractivity contribution is 6.01. The maximum atomic E-state index is 12.0. The zero-order chi connectivity index (χ0) is 18.2. The Labute approximate surface area is 145 Å². The Morgan fingerprint density at radius 2 is 1.96 bits per heavy atom. The number of urea groups is 1. The van der Waals surface area contributed by atoms with Crippen LogP contribution in [0.5, 0.6) is 0 Å². The smallest absolute Gasteiger partial charge is 0.324 e. The molecule has 0 radical (unpaired) electrons. The van der Waals surface area contributed by atoms with Gasteiger partial charge < -0.3 is 15.0 Å². The molecule has 1 heterocycles. The van der Waals surface area contributed by atoms with Crippen LogP contribution < -0.4 is 5.32 Å². The molecule has 0 spiro atoms. The number of imide groups is 1. The van der Waals surface area contributed by atoms with Crippen molar-refractivity contribution in [3.05, 3.63) is 35.9 Å². The molecule has 0 aliphatic carbocycles. The summed E-state index contributed by atoms with van der Waals surface area (Å²) in [5.74, 6) is -1.14. The van der Waals surface area contributed by atoms with E-state index >= 15 is 0 Å². The second-order valence-electron chi connectivity index (χ2n) is 5.70. The summed E-state index contributed by atoms with van der Waals surface area (Å²) in [5, 5.41) is 2.40. The number of hydrogen-bond donors (Lipinski definition) is 1. The molecule has 25 heavy (non-hydrogen) atoms. The van der Waals surface area contributed by atoms with Gasteiger partial charge in [0.15, 0.2) is 6.61 Å². The highest BCUT2D eigenvalue weighted by Crippen LogP contribution is 2.05. The zero-order valence-electron chi connectivity index (χ0n) is 14.1. The molecule has 8 heteroatoms. The van der Waals surface area contributed by atoms with Crippen LogP contribution in [-0.2, 0) is 25.7 Å². The van der Waals surface area contributed by atoms with Gasteiger partial charge in [-0.3, -0.25) is 19.3 Å². The van der Waals surface area contributed by atoms with Crippen molar-refractivity contribution in [2.75, 3.05) is 26.7 Å². The van der Waals surface area contributed by atoms with E-state index in [0.717, 1.165) is 10.5 Å². The van der Waals surface area contributed by atoms with E-state index in [2.05, 4.69) is 5.32 Å². The first kappa shape index (κ1) is 18.4. The SMILES string of the molecule is CN(Cc1ccccc1)C(=O)COC(=O)CCCN1C(=O)CNC1=O. The topological polar surface area (TPSA) is 96.0 Å². The molecule has 2 rings (SSSR count). The van der Waals surface area contributed by atoms with Crippen LogP contribution in [0, 0.1) is 0 Å². The van der Waals surface area contributed by atoms with Gasteiger partial charge in [-0.15, -0.1) is 0 Å². The largest absolute Gasteiger partial charge is 0.456 e. The van der Waals surface area contributed by atoms with Crippen molar-refractivity contribution in [2.45, 2.75) is 19.4 Å². The Hall–Kier alpha value is -2.90. The summed E-state index contributed by atoms with van der Waals surface area (Å²) in [5.41, 5.74) is 0.984. The predicted molar refractivity (Wildman–Crippen MR) is 88.2 cm³/mol. The number of ether oxygens (including phenoxy) is 1. The molecule has 0 aromatic heterocycles. The zero-order valence-corrected chi connectivity index (χ0v) is 14.1. The maximum Gasteiger partial charge on any atom is 0.324 e. The molecule has 1 N–H and O–H groups in total. The summed E-state index contributed by atoms with van der Waals surface area (Å²) < 4.78 is 4.95. The summed E-state index contributed by atoms with van der Waals surface area (Å²) in [4.78, 5) is 48.9. The van der Waals surface area contributed by atoms with Crippen LogP contribution >= 0.6 is 0 Å². The third-order valence-corrected chi connectivity index (χ3v) is 3.74. The number of nitrogens with zero attached hydrogens (tertiary/aromatic N) is 2. The lowest BCUT2D eigenvalue weighted by atomic mass is 10.2. The van der Waals surface area contributed by atoms with Gasteiger partial charge in [-0.25, -0.2) is 4.79 Å². The molecular formula is C17H21N3O5. The number of likely N-dealkylation sites (N-methyl/N-ethyl adjacent to an activating group) is 1. The van der Waals surface area contributed by atoms with Crippen molar-refractivity contribution < 1.29 is 23.9 Å². The highest BCUT2D eigenvalue weighted by Gasteiger charge is 2.27. The highest BCUT2D eigenvalue weighted by atomic mass is 16.5. The number of nitrogens with one attached hydrogen (secondary N) is 1. The number of esters is 1. The van der Waals surface area contributed by atoms with E-state index in [4.69, 9.17) is 4.74 Å². The van der Waals surface area contributed by atoms with Crippen molar-refractivity contribution in [2.24, 2.45) is 0 Å². The summed E-state index contributed by atoms with van der Waals surface area (Å²) >= 11 is 0. The molecule has 1 aromatic rings. The predicted octanol–water partition coefficient (Wildman–Crippen LogP) is 0.520. The molecule has 1 aliphatic rings. The van der Waals surface area contributed by atoms with E-state index in [1.165, 1.54) is 4.90 Å². The molecule has 0 unspecified atom stereocenters. The number of amides is 4. The molecule has 1 fully saturated rings. The molecule has 8 nitrogen and oxygen atoms in total. The molecule has 1 aromatic carbocycles. The minimum absolute atomic E-state index is 0.00840. The number of carbonyl (C=O) groups excluding carboxylic acids is 4. The van der Waals surface area contributed by atoms with E-state index in [1.807, 2.05) is 30.3 Å². The van der Waals surface area contributed by atoms with Crippen molar-refractivity contribution in [3.63, 3.8) is 0 Å². The Morgan fingerprint density at radius 1 is 1.24 bits per heavy atom. The van der Waals surface area contributed by atoms with E-state index < -0.39 is 12.0 Å². The van der Waals surface area contributed by atoms with E-state index in [9.17, 15) is 19.2 Å². The van der Waals surface area contributed by atoms with Crippen molar-refractivity contribution >= 4 is 23.8 Å². The number of hydrogen-bond acceptors (Lipinski definition) is 5. The lowest BCUT2D eigenvalue weighted by Gasteiger charge is -2.17. The molecule has 0 saturated carbocycles. The van der Waals surface area contributed by atoms with Gasteiger partial charge in [0.1, 0.15) is 0 Å². The van der Waals surface area contributed by atoms with Gasteiger partial charge in [0.25, 0.3) is 5.91 Å². The van der Waals surface area contributed by atoms with Crippen LogP contribution in [-0.4, -0.2) is 60.4 Å². The average molecular weight is 347 g/mol. The lowest BCUT2D eigenvalue weighted by molar-refractivity contribution is -0.151. The summed E-state index contributed by atoms with van der Waals surface area (Å²) in [6, 6.07) is 9.04. The quantitative estimate of drug-likeness (QED) is 0.546. The number of carbonyl (C=O) groups is 4. The van der Waals surface area contributed by atoms with Crippen LogP contribution in [0.15, 0.2) is 30.3 Å². The molecule has 4 amide bonds. The minimum atomic E-state index is -0.534. The van der Waals surface area contributed by atoms with Crippen molar-refractivity contribution in [3.8, 4) is 0 Å². The Balaban J connectivity index is 1.64. The third kappa shape index (κ3) is 5.59. The Morgan fingerprint density at radius 3 is 2.60 bits per heavy atom. The first-order chi connectivity index (χ1) is 12.0. The Bertz CT molecular complexity index is 631. The molecule has 1 aliphatic heterocycles. The minimum Gasteiger partial charge on any atom is -0.456 e. The van der Waals surface area contributed by atoms with Gasteiger partial charge >= 0.3 is 12.0 Å². The van der Waals surface area contributed by atoms with Gasteiger partial charge in [-0.05, 0) is 12.0 Å². The van der Waals surface area contributed by atoms with E-state index in [-0.39, 0.29) is 37.9 Å². The first-order valence-corrected chi connectivity index (χ1v) is 7.99. The fraction of sp³-hybridized carbons (Fsp3) is 0.412. The van der Waals surface area contributed by atoms with Crippen molar-refractivity contribution in [1.82, 2.24) is 15.1 Å². The molecule has 0 bridgehead atoms. The van der Waals surface area contributed by atoms with Crippen LogP contribution in [0.25, 0.3) is 0 Å². The molecular weight excluding hydrogens is 326 g/mol. The first-order valence-electron chi connectivity index (χ1n) is 7.99. The number of benzene rings is 1. The van der Waals surface area contributed by atoms with Crippen LogP contribution in [0.2, 0.25) is 0 Å². The van der Waals surface area contributed by atoms with Gasteiger partial charge in [0, 0.05) is 26.6 Å².